The fourth-order valence-corrected chi connectivity index (χ4v) is 1.81. The van der Waals surface area contributed by atoms with E-state index < -0.39 is 0 Å². The van der Waals surface area contributed by atoms with Crippen LogP contribution in [0.5, 0.6) is 0 Å². The van der Waals surface area contributed by atoms with Crippen molar-refractivity contribution in [3.63, 3.8) is 0 Å². The molecule has 0 amide bonds. The van der Waals surface area contributed by atoms with Crippen LogP contribution >= 0.6 is 0 Å². The number of carbonyl (C=O) groups excluding carboxylic acids is 1. The van der Waals surface area contributed by atoms with E-state index in [1.54, 1.807) is 6.92 Å². The van der Waals surface area contributed by atoms with Crippen LogP contribution in [0, 0.1) is 11.8 Å². The van der Waals surface area contributed by atoms with Crippen LogP contribution in [0.15, 0.2) is 0 Å². The zero-order chi connectivity index (χ0) is 9.68. The van der Waals surface area contributed by atoms with Gasteiger partial charge in [-0.2, -0.15) is 0 Å². The molecule has 0 spiro atoms. The highest BCUT2D eigenvalue weighted by Crippen LogP contribution is 2.22. The first-order valence-corrected chi connectivity index (χ1v) is 5.02. The Hall–Kier alpha value is -0.410. The molecule has 13 heavy (non-hydrogen) atoms. The molecule has 0 aromatic rings. The number of carbonyl (C=O) groups is 1. The molecule has 1 aliphatic rings. The van der Waals surface area contributed by atoms with Crippen LogP contribution in [0.4, 0.5) is 0 Å². The molecule has 76 valence electrons. The molecule has 0 aromatic carbocycles. The minimum Gasteiger partial charge on any atom is -0.381 e. The molecule has 0 aliphatic carbocycles. The maximum absolute atomic E-state index is 11.1. The van der Waals surface area contributed by atoms with Crippen LogP contribution in [0.25, 0.3) is 0 Å². The predicted molar refractivity (Wildman–Crippen MR) is 51.4 cm³/mol. The number of nitrogens with two attached hydrogens (primary N) is 1. The van der Waals surface area contributed by atoms with E-state index in [0.29, 0.717) is 12.5 Å². The summed E-state index contributed by atoms with van der Waals surface area (Å²) < 4.78 is 5.26. The molecule has 0 aromatic heterocycles. The quantitative estimate of drug-likeness (QED) is 0.710. The Bertz CT molecular complexity index is 164. The number of ether oxygens (including phenoxy) is 1. The summed E-state index contributed by atoms with van der Waals surface area (Å²) in [5, 5.41) is 0. The van der Waals surface area contributed by atoms with Crippen molar-refractivity contribution in [3.05, 3.63) is 0 Å². The normalized spacial score (nSPS) is 21.4. The lowest BCUT2D eigenvalue weighted by Gasteiger charge is -2.24. The van der Waals surface area contributed by atoms with Gasteiger partial charge in [-0.1, -0.05) is 0 Å². The van der Waals surface area contributed by atoms with Crippen LogP contribution < -0.4 is 5.73 Å². The Morgan fingerprint density at radius 3 is 2.62 bits per heavy atom. The molecule has 0 unspecified atom stereocenters. The van der Waals surface area contributed by atoms with Gasteiger partial charge in [-0.25, -0.2) is 0 Å². The number of hydrogen-bond donors (Lipinski definition) is 1. The van der Waals surface area contributed by atoms with Gasteiger partial charge < -0.3 is 10.5 Å². The van der Waals surface area contributed by atoms with Crippen LogP contribution in [0.2, 0.25) is 0 Å². The first kappa shape index (κ1) is 10.7. The van der Waals surface area contributed by atoms with Gasteiger partial charge in [0, 0.05) is 25.7 Å². The highest BCUT2D eigenvalue weighted by Gasteiger charge is 2.20. The van der Waals surface area contributed by atoms with Crippen molar-refractivity contribution in [2.45, 2.75) is 26.2 Å². The summed E-state index contributed by atoms with van der Waals surface area (Å²) >= 11 is 0. The van der Waals surface area contributed by atoms with Gasteiger partial charge in [0.25, 0.3) is 0 Å². The summed E-state index contributed by atoms with van der Waals surface area (Å²) in [6, 6.07) is 0. The third-order valence-corrected chi connectivity index (χ3v) is 2.82. The summed E-state index contributed by atoms with van der Waals surface area (Å²) in [4.78, 5) is 11.1. The average molecular weight is 185 g/mol. The Morgan fingerprint density at radius 2 is 2.15 bits per heavy atom. The molecule has 1 heterocycles. The monoisotopic (exact) mass is 185 g/mol. The van der Waals surface area contributed by atoms with Gasteiger partial charge in [-0.05, 0) is 32.1 Å². The first-order valence-electron chi connectivity index (χ1n) is 5.02. The summed E-state index contributed by atoms with van der Waals surface area (Å²) in [6.45, 7) is 3.82. The summed E-state index contributed by atoms with van der Waals surface area (Å²) in [7, 11) is 0. The third-order valence-electron chi connectivity index (χ3n) is 2.82. The summed E-state index contributed by atoms with van der Waals surface area (Å²) in [5.74, 6) is 0.947. The second kappa shape index (κ2) is 5.35. The molecule has 1 saturated heterocycles. The van der Waals surface area contributed by atoms with Crippen molar-refractivity contribution in [2.75, 3.05) is 19.8 Å². The van der Waals surface area contributed by atoms with Crippen molar-refractivity contribution in [1.82, 2.24) is 0 Å². The van der Waals surface area contributed by atoms with Gasteiger partial charge in [-0.3, -0.25) is 4.79 Å². The minimum atomic E-state index is 0.0723. The average Bonchev–Trinajstić information content (AvgIpc) is 2.15. The van der Waals surface area contributed by atoms with Crippen LogP contribution in [-0.2, 0) is 9.53 Å². The molecular weight excluding hydrogens is 166 g/mol. The molecule has 1 rings (SSSR count). The van der Waals surface area contributed by atoms with Crippen LogP contribution in [-0.4, -0.2) is 25.5 Å². The van der Waals surface area contributed by atoms with Crippen LogP contribution in [0.3, 0.4) is 0 Å². The van der Waals surface area contributed by atoms with Gasteiger partial charge in [0.15, 0.2) is 0 Å². The van der Waals surface area contributed by atoms with Gasteiger partial charge in [0.1, 0.15) is 5.78 Å². The molecule has 1 fully saturated rings. The summed E-state index contributed by atoms with van der Waals surface area (Å²) in [5.41, 5.74) is 5.54. The van der Waals surface area contributed by atoms with Gasteiger partial charge in [0.05, 0.1) is 0 Å². The van der Waals surface area contributed by atoms with Gasteiger partial charge in [-0.15, -0.1) is 0 Å². The molecular formula is C10H19NO2. The second-order valence-electron chi connectivity index (χ2n) is 3.83. The third kappa shape index (κ3) is 3.44. The number of Topliss-reactive ketones (excluding diaryl/α,β-unsaturated/α-hetero) is 1. The minimum absolute atomic E-state index is 0.0723. The molecule has 3 nitrogen and oxygen atoms in total. The fourth-order valence-electron chi connectivity index (χ4n) is 1.81. The molecule has 2 N–H and O–H groups in total. The highest BCUT2D eigenvalue weighted by molar-refractivity contribution is 5.78. The SMILES string of the molecule is CC(=O)[C@H](CN)CC1CCOCC1. The van der Waals surface area contributed by atoms with E-state index in [1.165, 1.54) is 0 Å². The first-order chi connectivity index (χ1) is 6.24. The standard InChI is InChI=1S/C10H19NO2/c1-8(12)10(7-11)6-9-2-4-13-5-3-9/h9-10H,2-7,11H2,1H3/t10-/m0/s1. The number of hydrogen-bond acceptors (Lipinski definition) is 3. The molecule has 3 heteroatoms. The zero-order valence-corrected chi connectivity index (χ0v) is 8.29. The molecule has 0 bridgehead atoms. The Kier molecular flexibility index (Phi) is 4.39. The van der Waals surface area contributed by atoms with E-state index in [0.717, 1.165) is 32.5 Å². The molecule has 0 saturated carbocycles. The van der Waals surface area contributed by atoms with E-state index in [2.05, 4.69) is 0 Å². The number of ketones is 1. The van der Waals surface area contributed by atoms with E-state index in [1.807, 2.05) is 0 Å². The summed E-state index contributed by atoms with van der Waals surface area (Å²) in [6.07, 6.45) is 3.13. The maximum Gasteiger partial charge on any atom is 0.134 e. The lowest BCUT2D eigenvalue weighted by Crippen LogP contribution is -2.27. The van der Waals surface area contributed by atoms with Crippen molar-refractivity contribution >= 4 is 5.78 Å². The Morgan fingerprint density at radius 1 is 1.54 bits per heavy atom. The van der Waals surface area contributed by atoms with E-state index in [4.69, 9.17) is 10.5 Å². The van der Waals surface area contributed by atoms with E-state index in [-0.39, 0.29) is 11.7 Å². The lowest BCUT2D eigenvalue weighted by molar-refractivity contribution is -0.121. The number of rotatable bonds is 4. The fraction of sp³-hybridized carbons (Fsp3) is 0.900. The molecule has 0 radical (unpaired) electrons. The predicted octanol–water partition coefficient (Wildman–Crippen LogP) is 0.967. The Labute approximate surface area is 79.6 Å². The lowest BCUT2D eigenvalue weighted by atomic mass is 9.87. The van der Waals surface area contributed by atoms with Crippen molar-refractivity contribution in [2.24, 2.45) is 17.6 Å². The van der Waals surface area contributed by atoms with E-state index in [9.17, 15) is 4.79 Å². The zero-order valence-electron chi connectivity index (χ0n) is 8.29. The second-order valence-corrected chi connectivity index (χ2v) is 3.83. The van der Waals surface area contributed by atoms with E-state index >= 15 is 0 Å². The molecule has 1 aliphatic heterocycles. The Balaban J connectivity index is 2.31. The molecule has 1 atom stereocenters. The van der Waals surface area contributed by atoms with Gasteiger partial charge >= 0.3 is 0 Å². The van der Waals surface area contributed by atoms with Crippen molar-refractivity contribution in [3.8, 4) is 0 Å². The van der Waals surface area contributed by atoms with Crippen molar-refractivity contribution in [1.29, 1.82) is 0 Å². The maximum atomic E-state index is 11.1. The highest BCUT2D eigenvalue weighted by atomic mass is 16.5. The largest absolute Gasteiger partial charge is 0.381 e. The van der Waals surface area contributed by atoms with Crippen LogP contribution in [0.1, 0.15) is 26.2 Å². The topological polar surface area (TPSA) is 52.3 Å². The van der Waals surface area contributed by atoms with Gasteiger partial charge in [0.2, 0.25) is 0 Å². The smallest absolute Gasteiger partial charge is 0.134 e. The van der Waals surface area contributed by atoms with Crippen molar-refractivity contribution < 1.29 is 9.53 Å².